The molecule has 0 aliphatic rings. The highest BCUT2D eigenvalue weighted by molar-refractivity contribution is 5.19. The van der Waals surface area contributed by atoms with E-state index in [2.05, 4.69) is 50.5 Å². The van der Waals surface area contributed by atoms with Crippen molar-refractivity contribution in [3.05, 3.63) is 23.7 Å². The monoisotopic (exact) mass is 378 g/mol. The first kappa shape index (κ1) is 24.2. The lowest BCUT2D eigenvalue weighted by atomic mass is 10.0. The molecular weight excluding hydrogens is 332 g/mol. The van der Waals surface area contributed by atoms with Crippen LogP contribution in [-0.2, 0) is 0 Å². The minimum atomic E-state index is 0.474. The van der Waals surface area contributed by atoms with E-state index in [0.29, 0.717) is 5.92 Å². The highest BCUT2D eigenvalue weighted by atomic mass is 16.3. The maximum Gasteiger partial charge on any atom is 0.112 e. The van der Waals surface area contributed by atoms with Crippen molar-refractivity contribution in [3.63, 3.8) is 0 Å². The highest BCUT2D eigenvalue weighted by Gasteiger charge is 2.23. The summed E-state index contributed by atoms with van der Waals surface area (Å²) in [6.07, 6.45) is 12.1. The maximum absolute atomic E-state index is 5.99. The smallest absolute Gasteiger partial charge is 0.112 e. The molecule has 0 spiro atoms. The molecule has 158 valence electrons. The van der Waals surface area contributed by atoms with E-state index in [0.717, 1.165) is 13.1 Å². The molecule has 0 unspecified atom stereocenters. The molecule has 3 nitrogen and oxygen atoms in total. The average molecular weight is 379 g/mol. The second kappa shape index (κ2) is 15.2. The van der Waals surface area contributed by atoms with Crippen LogP contribution in [0.1, 0.15) is 96.3 Å². The van der Waals surface area contributed by atoms with Gasteiger partial charge in [0.15, 0.2) is 0 Å². The lowest BCUT2D eigenvalue weighted by molar-refractivity contribution is 0.188. The van der Waals surface area contributed by atoms with Gasteiger partial charge in [0.05, 0.1) is 6.26 Å². The van der Waals surface area contributed by atoms with Crippen LogP contribution in [0.15, 0.2) is 16.7 Å². The van der Waals surface area contributed by atoms with E-state index in [4.69, 9.17) is 4.42 Å². The van der Waals surface area contributed by atoms with E-state index >= 15 is 0 Å². The van der Waals surface area contributed by atoms with Crippen LogP contribution in [0, 0.1) is 6.92 Å². The molecule has 1 heterocycles. The SMILES string of the molecule is CCCCN(CCCC)CC(CN(CCCC)CCCC)c1occc1C. The van der Waals surface area contributed by atoms with E-state index in [1.165, 1.54) is 88.9 Å². The van der Waals surface area contributed by atoms with Crippen molar-refractivity contribution in [3.8, 4) is 0 Å². The van der Waals surface area contributed by atoms with Gasteiger partial charge in [-0.1, -0.05) is 53.4 Å². The summed E-state index contributed by atoms with van der Waals surface area (Å²) in [4.78, 5) is 5.38. The standard InChI is InChI=1S/C24H46N2O/c1-6-10-15-25(16-11-7-2)20-23(24-22(5)14-19-27-24)21-26(17-12-8-3)18-13-9-4/h14,19,23H,6-13,15-18,20-21H2,1-5H3. The van der Waals surface area contributed by atoms with Crippen LogP contribution in [0.3, 0.4) is 0 Å². The Hall–Kier alpha value is -0.800. The second-order valence-electron chi connectivity index (χ2n) is 8.18. The Bertz CT molecular complexity index is 419. The van der Waals surface area contributed by atoms with Gasteiger partial charge in [-0.05, 0) is 70.4 Å². The Morgan fingerprint density at radius 1 is 0.741 bits per heavy atom. The van der Waals surface area contributed by atoms with Gasteiger partial charge in [-0.15, -0.1) is 0 Å². The zero-order chi connectivity index (χ0) is 19.9. The van der Waals surface area contributed by atoms with Crippen LogP contribution in [0.5, 0.6) is 0 Å². The van der Waals surface area contributed by atoms with E-state index in [-0.39, 0.29) is 0 Å². The molecule has 0 saturated heterocycles. The van der Waals surface area contributed by atoms with Crippen molar-refractivity contribution >= 4 is 0 Å². The summed E-state index contributed by atoms with van der Waals surface area (Å²) in [5.41, 5.74) is 1.32. The Morgan fingerprint density at radius 2 is 1.15 bits per heavy atom. The summed E-state index contributed by atoms with van der Waals surface area (Å²) >= 11 is 0. The lowest BCUT2D eigenvalue weighted by Crippen LogP contribution is -2.37. The summed E-state index contributed by atoms with van der Waals surface area (Å²) in [5, 5.41) is 0. The number of hydrogen-bond acceptors (Lipinski definition) is 3. The summed E-state index contributed by atoms with van der Waals surface area (Å²) in [7, 11) is 0. The molecule has 0 bridgehead atoms. The zero-order valence-electron chi connectivity index (χ0n) is 18.9. The van der Waals surface area contributed by atoms with Gasteiger partial charge in [-0.3, -0.25) is 0 Å². The molecule has 0 saturated carbocycles. The molecule has 0 radical (unpaired) electrons. The first-order valence-corrected chi connectivity index (χ1v) is 11.6. The molecule has 3 heteroatoms. The molecule has 1 rings (SSSR count). The average Bonchev–Trinajstić information content (AvgIpc) is 3.10. The number of aryl methyl sites for hydroxylation is 1. The third-order valence-electron chi connectivity index (χ3n) is 5.54. The molecule has 0 fully saturated rings. The molecule has 27 heavy (non-hydrogen) atoms. The third-order valence-corrected chi connectivity index (χ3v) is 5.54. The van der Waals surface area contributed by atoms with Gasteiger partial charge in [0.25, 0.3) is 0 Å². The van der Waals surface area contributed by atoms with Crippen molar-refractivity contribution < 1.29 is 4.42 Å². The number of nitrogens with zero attached hydrogens (tertiary/aromatic N) is 2. The van der Waals surface area contributed by atoms with Gasteiger partial charge < -0.3 is 14.2 Å². The van der Waals surface area contributed by atoms with Crippen molar-refractivity contribution in [2.24, 2.45) is 0 Å². The number of furan rings is 1. The Labute approximate surface area is 169 Å². The highest BCUT2D eigenvalue weighted by Crippen LogP contribution is 2.24. The molecule has 0 aliphatic heterocycles. The van der Waals surface area contributed by atoms with Gasteiger partial charge in [0.1, 0.15) is 5.76 Å². The van der Waals surface area contributed by atoms with Crippen LogP contribution >= 0.6 is 0 Å². The van der Waals surface area contributed by atoms with E-state index in [1.54, 1.807) is 0 Å². The van der Waals surface area contributed by atoms with E-state index in [9.17, 15) is 0 Å². The molecule has 0 aliphatic carbocycles. The number of rotatable bonds is 17. The minimum Gasteiger partial charge on any atom is -0.469 e. The normalized spacial score (nSPS) is 12.0. The molecule has 0 atom stereocenters. The van der Waals surface area contributed by atoms with Gasteiger partial charge >= 0.3 is 0 Å². The fourth-order valence-electron chi connectivity index (χ4n) is 3.77. The van der Waals surface area contributed by atoms with Crippen LogP contribution in [-0.4, -0.2) is 49.1 Å². The Morgan fingerprint density at radius 3 is 1.44 bits per heavy atom. The summed E-state index contributed by atoms with van der Waals surface area (Å²) in [5.74, 6) is 1.69. The Kier molecular flexibility index (Phi) is 13.6. The van der Waals surface area contributed by atoms with E-state index in [1.807, 2.05) is 6.26 Å². The molecular formula is C24H46N2O. The van der Waals surface area contributed by atoms with Crippen molar-refractivity contribution in [2.45, 2.75) is 91.9 Å². The lowest BCUT2D eigenvalue weighted by Gasteiger charge is -2.31. The maximum atomic E-state index is 5.99. The molecule has 1 aromatic rings. The predicted molar refractivity (Wildman–Crippen MR) is 119 cm³/mol. The summed E-state index contributed by atoms with van der Waals surface area (Å²) in [6.45, 7) is 18.5. The van der Waals surface area contributed by atoms with Crippen molar-refractivity contribution in [1.82, 2.24) is 9.80 Å². The Balaban J connectivity index is 2.87. The van der Waals surface area contributed by atoms with Gasteiger partial charge in [0, 0.05) is 19.0 Å². The van der Waals surface area contributed by atoms with Crippen LogP contribution in [0.4, 0.5) is 0 Å². The van der Waals surface area contributed by atoms with Gasteiger partial charge in [0.2, 0.25) is 0 Å². The summed E-state index contributed by atoms with van der Waals surface area (Å²) < 4.78 is 5.99. The first-order valence-electron chi connectivity index (χ1n) is 11.6. The predicted octanol–water partition coefficient (Wildman–Crippen LogP) is 6.48. The number of unbranched alkanes of at least 4 members (excludes halogenated alkanes) is 4. The second-order valence-corrected chi connectivity index (χ2v) is 8.18. The van der Waals surface area contributed by atoms with Crippen molar-refractivity contribution in [1.29, 1.82) is 0 Å². The van der Waals surface area contributed by atoms with Crippen LogP contribution in [0.25, 0.3) is 0 Å². The quantitative estimate of drug-likeness (QED) is 0.309. The summed E-state index contributed by atoms with van der Waals surface area (Å²) in [6, 6.07) is 2.13. The third kappa shape index (κ3) is 9.80. The molecule has 0 aromatic carbocycles. The van der Waals surface area contributed by atoms with Crippen LogP contribution < -0.4 is 0 Å². The van der Waals surface area contributed by atoms with Gasteiger partial charge in [-0.25, -0.2) is 0 Å². The van der Waals surface area contributed by atoms with Crippen molar-refractivity contribution in [2.75, 3.05) is 39.3 Å². The largest absolute Gasteiger partial charge is 0.469 e. The van der Waals surface area contributed by atoms with Gasteiger partial charge in [-0.2, -0.15) is 0 Å². The fraction of sp³-hybridized carbons (Fsp3) is 0.833. The molecule has 0 N–H and O–H groups in total. The topological polar surface area (TPSA) is 19.6 Å². The van der Waals surface area contributed by atoms with Crippen LogP contribution in [0.2, 0.25) is 0 Å². The minimum absolute atomic E-state index is 0.474. The first-order chi connectivity index (χ1) is 13.2. The fourth-order valence-corrected chi connectivity index (χ4v) is 3.77. The zero-order valence-corrected chi connectivity index (χ0v) is 18.9. The molecule has 1 aromatic heterocycles. The number of hydrogen-bond donors (Lipinski definition) is 0. The van der Waals surface area contributed by atoms with E-state index < -0.39 is 0 Å². The molecule has 0 amide bonds.